The van der Waals surface area contributed by atoms with E-state index >= 15 is 0 Å². The predicted octanol–water partition coefficient (Wildman–Crippen LogP) is 2.32. The first kappa shape index (κ1) is 16.9. The summed E-state index contributed by atoms with van der Waals surface area (Å²) < 4.78 is 5.21. The maximum Gasteiger partial charge on any atom is 0.227 e. The van der Waals surface area contributed by atoms with Crippen LogP contribution in [-0.4, -0.2) is 52.1 Å². The molecule has 8 heteroatoms. The topological polar surface area (TPSA) is 75.4 Å². The van der Waals surface area contributed by atoms with Gasteiger partial charge in [0.2, 0.25) is 11.8 Å². The monoisotopic (exact) mass is 349 g/mol. The van der Waals surface area contributed by atoms with Gasteiger partial charge in [0.1, 0.15) is 0 Å². The van der Waals surface area contributed by atoms with Crippen molar-refractivity contribution >= 4 is 22.4 Å². The van der Waals surface area contributed by atoms with E-state index in [1.807, 2.05) is 30.3 Å². The van der Waals surface area contributed by atoms with E-state index in [4.69, 9.17) is 4.52 Å². The molecule has 2 aromatic rings. The fraction of sp³-hybridized carbons (Fsp3) is 0.625. The van der Waals surface area contributed by atoms with E-state index in [1.54, 1.807) is 11.3 Å². The second-order valence-electron chi connectivity index (χ2n) is 6.24. The molecule has 24 heavy (non-hydrogen) atoms. The van der Waals surface area contributed by atoms with Crippen molar-refractivity contribution in [2.45, 2.75) is 39.0 Å². The van der Waals surface area contributed by atoms with Gasteiger partial charge < -0.3 is 14.3 Å². The maximum atomic E-state index is 12.5. The van der Waals surface area contributed by atoms with E-state index in [2.05, 4.69) is 20.0 Å². The number of carbonyl (C=O) groups is 1. The van der Waals surface area contributed by atoms with Gasteiger partial charge in [-0.15, -0.1) is 11.3 Å². The number of nitrogens with zero attached hydrogens (tertiary/aromatic N) is 5. The van der Waals surface area contributed by atoms with Crippen LogP contribution in [0.2, 0.25) is 0 Å². The number of hydrogen-bond acceptors (Lipinski definition) is 7. The van der Waals surface area contributed by atoms with E-state index in [9.17, 15) is 4.79 Å². The molecule has 1 saturated heterocycles. The van der Waals surface area contributed by atoms with Crippen LogP contribution >= 0.6 is 11.3 Å². The second-order valence-corrected chi connectivity index (χ2v) is 7.11. The summed E-state index contributed by atoms with van der Waals surface area (Å²) in [7, 11) is 0. The van der Waals surface area contributed by atoms with Crippen molar-refractivity contribution in [3.05, 3.63) is 23.3 Å². The highest BCUT2D eigenvalue weighted by molar-refractivity contribution is 7.13. The first-order chi connectivity index (χ1) is 11.6. The third-order valence-corrected chi connectivity index (χ3v) is 4.92. The summed E-state index contributed by atoms with van der Waals surface area (Å²) in [6.45, 7) is 7.34. The van der Waals surface area contributed by atoms with Gasteiger partial charge in [0.05, 0.1) is 0 Å². The maximum absolute atomic E-state index is 12.5. The van der Waals surface area contributed by atoms with Crippen LogP contribution in [-0.2, 0) is 11.2 Å². The Hall–Kier alpha value is -1.96. The molecule has 1 aliphatic heterocycles. The smallest absolute Gasteiger partial charge is 0.227 e. The number of aromatic nitrogens is 3. The number of hydrogen-bond donors (Lipinski definition) is 0. The lowest BCUT2D eigenvalue weighted by Crippen LogP contribution is -2.35. The standard InChI is InChI=1S/C16H23N5O2S/c1-12(2)15-18-13(23-19-15)4-5-14(22)20-7-3-8-21(10-9-20)16-17-6-11-24-16/h6,11-12H,3-5,7-10H2,1-2H3. The minimum absolute atomic E-state index is 0.153. The number of amides is 1. The van der Waals surface area contributed by atoms with Gasteiger partial charge in [0.15, 0.2) is 11.0 Å². The van der Waals surface area contributed by atoms with Crippen molar-refractivity contribution in [2.24, 2.45) is 0 Å². The Labute approximate surface area is 145 Å². The molecule has 1 fully saturated rings. The average molecular weight is 349 g/mol. The van der Waals surface area contributed by atoms with Crippen molar-refractivity contribution in [2.75, 3.05) is 31.1 Å². The third-order valence-electron chi connectivity index (χ3n) is 4.09. The minimum Gasteiger partial charge on any atom is -0.346 e. The molecular formula is C16H23N5O2S. The molecular weight excluding hydrogens is 326 g/mol. The molecule has 3 heterocycles. The molecule has 3 rings (SSSR count). The molecule has 130 valence electrons. The molecule has 1 amide bonds. The van der Waals surface area contributed by atoms with Gasteiger partial charge in [-0.2, -0.15) is 4.98 Å². The van der Waals surface area contributed by atoms with E-state index in [-0.39, 0.29) is 11.8 Å². The number of rotatable bonds is 5. The Bertz CT molecular complexity index is 655. The van der Waals surface area contributed by atoms with Gasteiger partial charge in [-0.05, 0) is 6.42 Å². The van der Waals surface area contributed by atoms with Crippen molar-refractivity contribution in [1.29, 1.82) is 0 Å². The zero-order valence-electron chi connectivity index (χ0n) is 14.1. The summed E-state index contributed by atoms with van der Waals surface area (Å²) in [4.78, 5) is 25.3. The van der Waals surface area contributed by atoms with Gasteiger partial charge in [-0.1, -0.05) is 19.0 Å². The van der Waals surface area contributed by atoms with Crippen LogP contribution in [0.5, 0.6) is 0 Å². The van der Waals surface area contributed by atoms with Crippen LogP contribution in [0.3, 0.4) is 0 Å². The van der Waals surface area contributed by atoms with Crippen LogP contribution in [0.4, 0.5) is 5.13 Å². The Balaban J connectivity index is 1.49. The van der Waals surface area contributed by atoms with Gasteiger partial charge >= 0.3 is 0 Å². The van der Waals surface area contributed by atoms with Crippen molar-refractivity contribution in [1.82, 2.24) is 20.0 Å². The second kappa shape index (κ2) is 7.74. The first-order valence-electron chi connectivity index (χ1n) is 8.38. The molecule has 0 saturated carbocycles. The third kappa shape index (κ3) is 4.11. The van der Waals surface area contributed by atoms with Crippen LogP contribution < -0.4 is 4.90 Å². The first-order valence-corrected chi connectivity index (χ1v) is 9.26. The number of aryl methyl sites for hydroxylation is 1. The average Bonchev–Trinajstić information content (AvgIpc) is 3.20. The Morgan fingerprint density at radius 2 is 2.21 bits per heavy atom. The van der Waals surface area contributed by atoms with Crippen molar-refractivity contribution in [3.63, 3.8) is 0 Å². The lowest BCUT2D eigenvalue weighted by Gasteiger charge is -2.21. The number of anilines is 1. The summed E-state index contributed by atoms with van der Waals surface area (Å²) in [5, 5.41) is 6.96. The summed E-state index contributed by atoms with van der Waals surface area (Å²) in [5.41, 5.74) is 0. The van der Waals surface area contributed by atoms with Crippen LogP contribution in [0.25, 0.3) is 0 Å². The Morgan fingerprint density at radius 1 is 1.33 bits per heavy atom. The number of carbonyl (C=O) groups excluding carboxylic acids is 1. The molecule has 0 unspecified atom stereocenters. The summed E-state index contributed by atoms with van der Waals surface area (Å²) >= 11 is 1.64. The molecule has 0 atom stereocenters. The number of thiazole rings is 1. The van der Waals surface area contributed by atoms with E-state index in [0.717, 1.165) is 37.7 Å². The SMILES string of the molecule is CC(C)c1noc(CCC(=O)N2CCCN(c3nccs3)CC2)n1. The van der Waals surface area contributed by atoms with E-state index in [0.29, 0.717) is 24.6 Å². The molecule has 0 N–H and O–H groups in total. The highest BCUT2D eigenvalue weighted by Crippen LogP contribution is 2.19. The highest BCUT2D eigenvalue weighted by atomic mass is 32.1. The van der Waals surface area contributed by atoms with Gasteiger partial charge in [-0.3, -0.25) is 4.79 Å². The van der Waals surface area contributed by atoms with Crippen molar-refractivity contribution in [3.8, 4) is 0 Å². The molecule has 7 nitrogen and oxygen atoms in total. The van der Waals surface area contributed by atoms with Gasteiger partial charge in [0.25, 0.3) is 0 Å². The summed E-state index contributed by atoms with van der Waals surface area (Å²) in [5.74, 6) is 1.64. The zero-order valence-corrected chi connectivity index (χ0v) is 15.0. The molecule has 0 aromatic carbocycles. The van der Waals surface area contributed by atoms with Crippen LogP contribution in [0, 0.1) is 0 Å². The van der Waals surface area contributed by atoms with E-state index in [1.165, 1.54) is 0 Å². The van der Waals surface area contributed by atoms with Crippen LogP contribution in [0.1, 0.15) is 44.3 Å². The molecule has 0 radical (unpaired) electrons. The summed E-state index contributed by atoms with van der Waals surface area (Å²) in [6.07, 6.45) is 3.70. The fourth-order valence-corrected chi connectivity index (χ4v) is 3.40. The largest absolute Gasteiger partial charge is 0.346 e. The normalized spacial score (nSPS) is 15.8. The molecule has 0 aliphatic carbocycles. The lowest BCUT2D eigenvalue weighted by molar-refractivity contribution is -0.131. The van der Waals surface area contributed by atoms with Crippen molar-refractivity contribution < 1.29 is 9.32 Å². The highest BCUT2D eigenvalue weighted by Gasteiger charge is 2.21. The quantitative estimate of drug-likeness (QED) is 0.825. The Morgan fingerprint density at radius 3 is 2.92 bits per heavy atom. The zero-order chi connectivity index (χ0) is 16.9. The minimum atomic E-state index is 0.153. The molecule has 1 aliphatic rings. The van der Waals surface area contributed by atoms with Gasteiger partial charge in [0, 0.05) is 56.5 Å². The van der Waals surface area contributed by atoms with E-state index < -0.39 is 0 Å². The summed E-state index contributed by atoms with van der Waals surface area (Å²) in [6, 6.07) is 0. The molecule has 2 aromatic heterocycles. The van der Waals surface area contributed by atoms with Gasteiger partial charge in [-0.25, -0.2) is 4.98 Å². The molecule has 0 spiro atoms. The Kier molecular flexibility index (Phi) is 5.44. The van der Waals surface area contributed by atoms with Crippen LogP contribution in [0.15, 0.2) is 16.1 Å². The molecule has 0 bridgehead atoms. The lowest BCUT2D eigenvalue weighted by atomic mass is 10.2. The fourth-order valence-electron chi connectivity index (χ4n) is 2.71. The predicted molar refractivity (Wildman–Crippen MR) is 92.2 cm³/mol.